The maximum absolute atomic E-state index is 12.3. The van der Waals surface area contributed by atoms with Crippen molar-refractivity contribution in [2.45, 2.75) is 315 Å². The van der Waals surface area contributed by atoms with Crippen LogP contribution in [0.2, 0.25) is 0 Å². The van der Waals surface area contributed by atoms with Gasteiger partial charge in [0.25, 0.3) is 0 Å². The van der Waals surface area contributed by atoms with E-state index in [1.807, 2.05) is 0 Å². The molecule has 0 aliphatic carbocycles. The third-order valence-electron chi connectivity index (χ3n) is 12.6. The SMILES string of the molecule is CCCCCCCCCC/C=C\CCCCCCCCCCCCCC(=O)OC(CO)COCCCCCCCCCCCCCCCCCCCCCCCCCC. The highest BCUT2D eigenvalue weighted by Crippen LogP contribution is 2.17. The minimum Gasteiger partial charge on any atom is -0.457 e. The lowest BCUT2D eigenvalue weighted by Gasteiger charge is -2.16. The zero-order chi connectivity index (χ0) is 42.6. The van der Waals surface area contributed by atoms with E-state index < -0.39 is 6.10 Å². The summed E-state index contributed by atoms with van der Waals surface area (Å²) >= 11 is 0. The summed E-state index contributed by atoms with van der Waals surface area (Å²) in [5.41, 5.74) is 0. The fourth-order valence-corrected chi connectivity index (χ4v) is 8.50. The number of unbranched alkanes of at least 4 members (excludes halogenated alkanes) is 42. The van der Waals surface area contributed by atoms with Gasteiger partial charge in [0.15, 0.2) is 0 Å². The molecule has 0 aromatic heterocycles. The first-order valence-electron chi connectivity index (χ1n) is 27.3. The summed E-state index contributed by atoms with van der Waals surface area (Å²) in [6.07, 6.45) is 66.1. The molecule has 59 heavy (non-hydrogen) atoms. The van der Waals surface area contributed by atoms with Crippen molar-refractivity contribution >= 4 is 5.97 Å². The number of hydrogen-bond donors (Lipinski definition) is 1. The second kappa shape index (κ2) is 53.3. The first-order chi connectivity index (χ1) is 29.2. The van der Waals surface area contributed by atoms with E-state index >= 15 is 0 Å². The highest BCUT2D eigenvalue weighted by molar-refractivity contribution is 5.69. The number of carbonyl (C=O) groups is 1. The predicted molar refractivity (Wildman–Crippen MR) is 261 cm³/mol. The third-order valence-corrected chi connectivity index (χ3v) is 12.6. The van der Waals surface area contributed by atoms with Crippen molar-refractivity contribution in [2.24, 2.45) is 0 Å². The summed E-state index contributed by atoms with van der Waals surface area (Å²) in [6.45, 7) is 5.41. The average molecular weight is 833 g/mol. The summed E-state index contributed by atoms with van der Waals surface area (Å²) in [7, 11) is 0. The number of aliphatic hydroxyl groups excluding tert-OH is 1. The maximum atomic E-state index is 12.3. The molecule has 1 N–H and O–H groups in total. The highest BCUT2D eigenvalue weighted by Gasteiger charge is 2.13. The number of rotatable bonds is 52. The molecule has 4 heteroatoms. The van der Waals surface area contributed by atoms with Crippen LogP contribution >= 0.6 is 0 Å². The van der Waals surface area contributed by atoms with E-state index in [2.05, 4.69) is 26.0 Å². The zero-order valence-corrected chi connectivity index (χ0v) is 40.6. The van der Waals surface area contributed by atoms with Crippen LogP contribution in [0, 0.1) is 0 Å². The van der Waals surface area contributed by atoms with Gasteiger partial charge in [-0.15, -0.1) is 0 Å². The quantitative estimate of drug-likeness (QED) is 0.0377. The molecule has 0 aromatic rings. The van der Waals surface area contributed by atoms with Gasteiger partial charge in [0.05, 0.1) is 13.2 Å². The van der Waals surface area contributed by atoms with E-state index in [1.54, 1.807) is 0 Å². The molecule has 1 atom stereocenters. The molecule has 0 rings (SSSR count). The summed E-state index contributed by atoms with van der Waals surface area (Å²) in [5, 5.41) is 9.66. The van der Waals surface area contributed by atoms with Gasteiger partial charge in [0.1, 0.15) is 6.10 Å². The molecule has 0 aliphatic heterocycles. The van der Waals surface area contributed by atoms with Crippen LogP contribution in [-0.2, 0) is 14.3 Å². The van der Waals surface area contributed by atoms with Gasteiger partial charge in [-0.05, 0) is 38.5 Å². The number of allylic oxidation sites excluding steroid dienone is 2. The lowest BCUT2D eigenvalue weighted by atomic mass is 10.0. The minimum absolute atomic E-state index is 0.165. The van der Waals surface area contributed by atoms with E-state index in [-0.39, 0.29) is 12.6 Å². The first-order valence-corrected chi connectivity index (χ1v) is 27.3. The van der Waals surface area contributed by atoms with Crippen molar-refractivity contribution in [1.82, 2.24) is 0 Å². The largest absolute Gasteiger partial charge is 0.457 e. The Morgan fingerprint density at radius 2 is 0.661 bits per heavy atom. The molecule has 0 aromatic carbocycles. The molecule has 4 nitrogen and oxygen atoms in total. The van der Waals surface area contributed by atoms with Crippen molar-refractivity contribution in [3.63, 3.8) is 0 Å². The Kier molecular flexibility index (Phi) is 52.5. The smallest absolute Gasteiger partial charge is 0.306 e. The van der Waals surface area contributed by atoms with Crippen molar-refractivity contribution in [2.75, 3.05) is 19.8 Å². The van der Waals surface area contributed by atoms with E-state index in [0.717, 1.165) is 19.3 Å². The van der Waals surface area contributed by atoms with E-state index in [9.17, 15) is 9.90 Å². The maximum Gasteiger partial charge on any atom is 0.306 e. The molecular weight excluding hydrogens is 725 g/mol. The molecule has 352 valence electrons. The predicted octanol–water partition coefficient (Wildman–Crippen LogP) is 18.4. The van der Waals surface area contributed by atoms with Crippen molar-refractivity contribution in [3.05, 3.63) is 12.2 Å². The molecule has 0 bridgehead atoms. The van der Waals surface area contributed by atoms with Gasteiger partial charge in [0, 0.05) is 13.0 Å². The van der Waals surface area contributed by atoms with Crippen molar-refractivity contribution in [1.29, 1.82) is 0 Å². The molecule has 0 radical (unpaired) electrons. The van der Waals surface area contributed by atoms with Crippen LogP contribution in [0.25, 0.3) is 0 Å². The van der Waals surface area contributed by atoms with Crippen LogP contribution in [0.1, 0.15) is 309 Å². The Morgan fingerprint density at radius 1 is 0.390 bits per heavy atom. The Hall–Kier alpha value is -0.870. The Labute approximate surface area is 371 Å². The molecule has 0 saturated carbocycles. The third kappa shape index (κ3) is 51.4. The molecule has 0 spiro atoms. The fraction of sp³-hybridized carbons (Fsp3) is 0.945. The van der Waals surface area contributed by atoms with E-state index in [4.69, 9.17) is 9.47 Å². The van der Waals surface area contributed by atoms with Crippen LogP contribution in [0.4, 0.5) is 0 Å². The molecule has 0 fully saturated rings. The molecule has 0 amide bonds. The van der Waals surface area contributed by atoms with Gasteiger partial charge in [-0.25, -0.2) is 0 Å². The lowest BCUT2D eigenvalue weighted by Crippen LogP contribution is -2.27. The van der Waals surface area contributed by atoms with Crippen molar-refractivity contribution in [3.8, 4) is 0 Å². The zero-order valence-electron chi connectivity index (χ0n) is 40.6. The molecular formula is C55H108O4. The fourth-order valence-electron chi connectivity index (χ4n) is 8.50. The molecule has 1 unspecified atom stereocenters. The number of aliphatic hydroxyl groups is 1. The van der Waals surface area contributed by atoms with Crippen LogP contribution < -0.4 is 0 Å². The Morgan fingerprint density at radius 3 is 0.966 bits per heavy atom. The summed E-state index contributed by atoms with van der Waals surface area (Å²) < 4.78 is 11.2. The molecule has 0 saturated heterocycles. The van der Waals surface area contributed by atoms with Crippen molar-refractivity contribution < 1.29 is 19.4 Å². The van der Waals surface area contributed by atoms with Gasteiger partial charge in [-0.1, -0.05) is 276 Å². The number of esters is 1. The standard InChI is InChI=1S/C55H108O4/c1-3-5-7-9-11-13-15-17-19-21-23-25-27-29-31-33-35-37-39-41-43-45-47-49-51-58-53-54(52-56)59-55(57)50-48-46-44-42-40-38-36-34-32-30-28-26-24-22-20-18-16-14-12-10-8-6-4-2/h22,24,54,56H,3-21,23,25-53H2,1-2H3/b24-22-. The number of hydrogen-bond acceptors (Lipinski definition) is 4. The second-order valence-electron chi connectivity index (χ2n) is 18.7. The Bertz CT molecular complexity index is 796. The average Bonchev–Trinajstić information content (AvgIpc) is 3.24. The van der Waals surface area contributed by atoms with Crippen LogP contribution in [-0.4, -0.2) is 37.0 Å². The normalized spacial score (nSPS) is 12.3. The van der Waals surface area contributed by atoms with Crippen LogP contribution in [0.15, 0.2) is 12.2 Å². The second-order valence-corrected chi connectivity index (χ2v) is 18.7. The lowest BCUT2D eigenvalue weighted by molar-refractivity contribution is -0.154. The van der Waals surface area contributed by atoms with Gasteiger partial charge in [-0.2, -0.15) is 0 Å². The monoisotopic (exact) mass is 833 g/mol. The first kappa shape index (κ1) is 58.1. The summed E-state index contributed by atoms with van der Waals surface area (Å²) in [5.74, 6) is -0.193. The minimum atomic E-state index is -0.530. The highest BCUT2D eigenvalue weighted by atomic mass is 16.6. The summed E-state index contributed by atoms with van der Waals surface area (Å²) in [4.78, 5) is 12.3. The van der Waals surface area contributed by atoms with Gasteiger partial charge >= 0.3 is 5.97 Å². The van der Waals surface area contributed by atoms with Gasteiger partial charge < -0.3 is 14.6 Å². The number of ether oxygens (including phenoxy) is 2. The van der Waals surface area contributed by atoms with Gasteiger partial charge in [-0.3, -0.25) is 4.79 Å². The van der Waals surface area contributed by atoms with Crippen LogP contribution in [0.5, 0.6) is 0 Å². The molecule has 0 heterocycles. The van der Waals surface area contributed by atoms with E-state index in [0.29, 0.717) is 19.6 Å². The van der Waals surface area contributed by atoms with E-state index in [1.165, 1.54) is 270 Å². The molecule has 0 aliphatic rings. The van der Waals surface area contributed by atoms with Crippen LogP contribution in [0.3, 0.4) is 0 Å². The number of carbonyl (C=O) groups excluding carboxylic acids is 1. The van der Waals surface area contributed by atoms with Gasteiger partial charge in [0.2, 0.25) is 0 Å². The summed E-state index contributed by atoms with van der Waals surface area (Å²) in [6, 6.07) is 0. The Balaban J connectivity index is 3.33. The topological polar surface area (TPSA) is 55.8 Å².